The minimum atomic E-state index is -0.360. The molecule has 0 spiro atoms. The lowest BCUT2D eigenvalue weighted by atomic mass is 10.2. The Hall–Kier alpha value is -2.61. The van der Waals surface area contributed by atoms with E-state index in [1.807, 2.05) is 36.6 Å². The van der Waals surface area contributed by atoms with Crippen molar-refractivity contribution < 1.29 is 19.1 Å². The van der Waals surface area contributed by atoms with E-state index in [0.29, 0.717) is 39.2 Å². The molecule has 1 saturated heterocycles. The van der Waals surface area contributed by atoms with Crippen LogP contribution in [-0.4, -0.2) is 60.3 Å². The third kappa shape index (κ3) is 6.03. The van der Waals surface area contributed by atoms with Gasteiger partial charge in [0.05, 0.1) is 13.0 Å². The fourth-order valence-electron chi connectivity index (χ4n) is 2.78. The van der Waals surface area contributed by atoms with E-state index >= 15 is 0 Å². The van der Waals surface area contributed by atoms with Crippen LogP contribution in [-0.2, 0) is 14.4 Å². The summed E-state index contributed by atoms with van der Waals surface area (Å²) >= 11 is 0. The van der Waals surface area contributed by atoms with Gasteiger partial charge in [-0.2, -0.15) is 0 Å². The van der Waals surface area contributed by atoms with Crippen molar-refractivity contribution in [1.29, 1.82) is 0 Å². The lowest BCUT2D eigenvalue weighted by Gasteiger charge is -2.34. The van der Waals surface area contributed by atoms with Gasteiger partial charge < -0.3 is 14.5 Å². The Morgan fingerprint density at radius 2 is 1.65 bits per heavy atom. The smallest absolute Gasteiger partial charge is 0.234 e. The first-order valence-electron chi connectivity index (χ1n) is 8.74. The minimum absolute atomic E-state index is 0.0206. The number of nitrogens with two attached hydrogens (primary N) is 1. The zero-order valence-corrected chi connectivity index (χ0v) is 15.1. The second kappa shape index (κ2) is 9.76. The monoisotopic (exact) mass is 362 g/mol. The lowest BCUT2D eigenvalue weighted by Crippen LogP contribution is -2.50. The van der Waals surface area contributed by atoms with Gasteiger partial charge in [-0.1, -0.05) is 12.1 Å². The van der Waals surface area contributed by atoms with Crippen LogP contribution in [0, 0.1) is 6.92 Å². The SMILES string of the molecule is Cc1cccc(OCCC(=O)N2CCN(C(=O)CCC(=O)NN)CC2)c1. The number of piperazine rings is 1. The number of nitrogens with one attached hydrogen (secondary N) is 1. The van der Waals surface area contributed by atoms with Crippen LogP contribution in [0.4, 0.5) is 0 Å². The Bertz CT molecular complexity index is 642. The molecule has 0 aliphatic carbocycles. The van der Waals surface area contributed by atoms with Crippen molar-refractivity contribution in [3.8, 4) is 5.75 Å². The number of aryl methyl sites for hydroxylation is 1. The van der Waals surface area contributed by atoms with Crippen LogP contribution in [0.2, 0.25) is 0 Å². The van der Waals surface area contributed by atoms with Gasteiger partial charge in [0.2, 0.25) is 17.7 Å². The van der Waals surface area contributed by atoms with E-state index in [9.17, 15) is 14.4 Å². The molecule has 0 unspecified atom stereocenters. The molecular weight excluding hydrogens is 336 g/mol. The first kappa shape index (κ1) is 19.7. The maximum Gasteiger partial charge on any atom is 0.234 e. The standard InChI is InChI=1S/C18H26N4O4/c1-14-3-2-4-15(13-14)26-12-7-18(25)22-10-8-21(9-11-22)17(24)6-5-16(23)20-19/h2-4,13H,5-12,19H2,1H3,(H,20,23). The fourth-order valence-corrected chi connectivity index (χ4v) is 2.78. The van der Waals surface area contributed by atoms with Crippen LogP contribution < -0.4 is 16.0 Å². The number of rotatable bonds is 7. The highest BCUT2D eigenvalue weighted by Gasteiger charge is 2.24. The maximum atomic E-state index is 12.3. The number of carbonyl (C=O) groups is 3. The molecule has 1 aromatic rings. The topological polar surface area (TPSA) is 105 Å². The zero-order chi connectivity index (χ0) is 18.9. The van der Waals surface area contributed by atoms with Gasteiger partial charge in [0.15, 0.2) is 0 Å². The number of hydrogen-bond acceptors (Lipinski definition) is 5. The lowest BCUT2D eigenvalue weighted by molar-refractivity contribution is -0.140. The maximum absolute atomic E-state index is 12.3. The Labute approximate surface area is 153 Å². The summed E-state index contributed by atoms with van der Waals surface area (Å²) in [7, 11) is 0. The molecule has 8 nitrogen and oxygen atoms in total. The number of carbonyl (C=O) groups excluding carboxylic acids is 3. The van der Waals surface area contributed by atoms with Crippen LogP contribution in [0.15, 0.2) is 24.3 Å². The van der Waals surface area contributed by atoms with Gasteiger partial charge in [0.25, 0.3) is 0 Å². The summed E-state index contributed by atoms with van der Waals surface area (Å²) in [6.07, 6.45) is 0.505. The van der Waals surface area contributed by atoms with E-state index in [1.165, 1.54) is 0 Å². The number of ether oxygens (including phenoxy) is 1. The summed E-state index contributed by atoms with van der Waals surface area (Å²) in [5, 5.41) is 0. The van der Waals surface area contributed by atoms with Gasteiger partial charge in [-0.15, -0.1) is 0 Å². The predicted molar refractivity (Wildman–Crippen MR) is 96.0 cm³/mol. The van der Waals surface area contributed by atoms with Crippen molar-refractivity contribution in [3.63, 3.8) is 0 Å². The summed E-state index contributed by atoms with van der Waals surface area (Å²) in [6.45, 7) is 4.27. The number of hydrogen-bond donors (Lipinski definition) is 2. The quantitative estimate of drug-likeness (QED) is 0.410. The van der Waals surface area contributed by atoms with Crippen molar-refractivity contribution >= 4 is 17.7 Å². The molecule has 1 aliphatic rings. The number of amides is 3. The van der Waals surface area contributed by atoms with E-state index in [-0.39, 0.29) is 30.6 Å². The van der Waals surface area contributed by atoms with E-state index < -0.39 is 0 Å². The second-order valence-electron chi connectivity index (χ2n) is 6.24. The molecule has 2 rings (SSSR count). The molecule has 0 saturated carbocycles. The summed E-state index contributed by atoms with van der Waals surface area (Å²) in [5.41, 5.74) is 3.11. The largest absolute Gasteiger partial charge is 0.493 e. The molecule has 1 heterocycles. The van der Waals surface area contributed by atoms with Gasteiger partial charge in [-0.25, -0.2) is 5.84 Å². The van der Waals surface area contributed by atoms with Crippen molar-refractivity contribution in [1.82, 2.24) is 15.2 Å². The molecule has 0 atom stereocenters. The molecule has 26 heavy (non-hydrogen) atoms. The van der Waals surface area contributed by atoms with E-state index in [1.54, 1.807) is 9.80 Å². The summed E-state index contributed by atoms with van der Waals surface area (Å²) in [6, 6.07) is 7.70. The third-order valence-electron chi connectivity index (χ3n) is 4.29. The Balaban J connectivity index is 1.67. The fraction of sp³-hybridized carbons (Fsp3) is 0.500. The minimum Gasteiger partial charge on any atom is -0.493 e. The molecule has 0 aromatic heterocycles. The Morgan fingerprint density at radius 3 is 2.23 bits per heavy atom. The molecule has 3 amide bonds. The first-order valence-corrected chi connectivity index (χ1v) is 8.74. The number of nitrogens with zero attached hydrogens (tertiary/aromatic N) is 2. The van der Waals surface area contributed by atoms with Gasteiger partial charge in [-0.05, 0) is 24.6 Å². The molecule has 1 fully saturated rings. The highest BCUT2D eigenvalue weighted by atomic mass is 16.5. The predicted octanol–water partition coefficient (Wildman–Crippen LogP) is 0.205. The van der Waals surface area contributed by atoms with Crippen LogP contribution in [0.1, 0.15) is 24.8 Å². The van der Waals surface area contributed by atoms with Crippen molar-refractivity contribution in [2.75, 3.05) is 32.8 Å². The molecular formula is C18H26N4O4. The highest BCUT2D eigenvalue weighted by Crippen LogP contribution is 2.13. The normalized spacial score (nSPS) is 14.1. The highest BCUT2D eigenvalue weighted by molar-refractivity contribution is 5.83. The van der Waals surface area contributed by atoms with Gasteiger partial charge >= 0.3 is 0 Å². The molecule has 0 bridgehead atoms. The van der Waals surface area contributed by atoms with Crippen LogP contribution in [0.5, 0.6) is 5.75 Å². The first-order chi connectivity index (χ1) is 12.5. The summed E-state index contributed by atoms with van der Waals surface area (Å²) < 4.78 is 5.61. The summed E-state index contributed by atoms with van der Waals surface area (Å²) in [4.78, 5) is 38.8. The van der Waals surface area contributed by atoms with Gasteiger partial charge in [0.1, 0.15) is 5.75 Å². The van der Waals surface area contributed by atoms with E-state index in [4.69, 9.17) is 10.6 Å². The average Bonchev–Trinajstić information content (AvgIpc) is 2.66. The van der Waals surface area contributed by atoms with Crippen LogP contribution >= 0.6 is 0 Å². The van der Waals surface area contributed by atoms with Crippen molar-refractivity contribution in [3.05, 3.63) is 29.8 Å². The molecule has 0 radical (unpaired) electrons. The van der Waals surface area contributed by atoms with Gasteiger partial charge in [-0.3, -0.25) is 19.8 Å². The Kier molecular flexibility index (Phi) is 7.40. The Morgan fingerprint density at radius 1 is 1.04 bits per heavy atom. The van der Waals surface area contributed by atoms with Gasteiger partial charge in [0, 0.05) is 39.0 Å². The average molecular weight is 362 g/mol. The molecule has 142 valence electrons. The molecule has 1 aliphatic heterocycles. The van der Waals surface area contributed by atoms with E-state index in [2.05, 4.69) is 0 Å². The van der Waals surface area contributed by atoms with E-state index in [0.717, 1.165) is 11.3 Å². The zero-order valence-electron chi connectivity index (χ0n) is 15.1. The number of hydrazine groups is 1. The molecule has 1 aromatic carbocycles. The molecule has 8 heteroatoms. The van der Waals surface area contributed by atoms with Crippen molar-refractivity contribution in [2.24, 2.45) is 5.84 Å². The second-order valence-corrected chi connectivity index (χ2v) is 6.24. The molecule has 3 N–H and O–H groups in total. The number of benzene rings is 1. The summed E-state index contributed by atoms with van der Waals surface area (Å²) in [5.74, 6) is 5.32. The third-order valence-corrected chi connectivity index (χ3v) is 4.29. The van der Waals surface area contributed by atoms with Crippen LogP contribution in [0.25, 0.3) is 0 Å². The van der Waals surface area contributed by atoms with Crippen molar-refractivity contribution in [2.45, 2.75) is 26.2 Å². The van der Waals surface area contributed by atoms with Crippen LogP contribution in [0.3, 0.4) is 0 Å².